The van der Waals surface area contributed by atoms with Crippen LogP contribution in [0.1, 0.15) is 33.1 Å². The maximum Gasteiger partial charge on any atom is 0.0404 e. The molecule has 0 aromatic carbocycles. The Balaban J connectivity index is 0.000000791. The Morgan fingerprint density at radius 3 is 2.79 bits per heavy atom. The predicted octanol–water partition coefficient (Wildman–Crippen LogP) is 2.23. The molecule has 3 N–H and O–H groups in total. The molecule has 1 aliphatic rings. The van der Waals surface area contributed by atoms with Crippen LogP contribution in [0.2, 0.25) is 0 Å². The number of allylic oxidation sites excluding steroid dienone is 3. The minimum atomic E-state index is 0.368. The average Bonchev–Trinajstić information content (AvgIpc) is 2.52. The van der Waals surface area contributed by atoms with Gasteiger partial charge < -0.3 is 11.1 Å². The van der Waals surface area contributed by atoms with Crippen molar-refractivity contribution in [2.75, 3.05) is 13.6 Å². The number of hydrogen-bond donors (Lipinski definition) is 2. The zero-order valence-electron chi connectivity index (χ0n) is 9.72. The van der Waals surface area contributed by atoms with E-state index in [0.717, 1.165) is 0 Å². The molecule has 0 aromatic rings. The number of nitrogens with one attached hydrogen (secondary N) is 1. The molecule has 0 heterocycles. The standard InChI is InChI=1S/C10H18N2.C2H6/c1-12-10(8-11)9-6-4-2-3-5-7-9;1-2/h2,4,6,10,12H,3,5,7-8,11H2,1H3;1-2H3. The lowest BCUT2D eigenvalue weighted by Crippen LogP contribution is -2.35. The van der Waals surface area contributed by atoms with E-state index >= 15 is 0 Å². The molecule has 0 saturated carbocycles. The molecule has 82 valence electrons. The third-order valence-electron chi connectivity index (χ3n) is 2.31. The van der Waals surface area contributed by atoms with Crippen LogP contribution < -0.4 is 11.1 Å². The lowest BCUT2D eigenvalue weighted by Gasteiger charge is -2.16. The van der Waals surface area contributed by atoms with E-state index in [2.05, 4.69) is 23.5 Å². The second-order valence-corrected chi connectivity index (χ2v) is 3.14. The highest BCUT2D eigenvalue weighted by Gasteiger charge is 2.09. The van der Waals surface area contributed by atoms with Gasteiger partial charge in [0.15, 0.2) is 0 Å². The van der Waals surface area contributed by atoms with Crippen LogP contribution in [0, 0.1) is 0 Å². The van der Waals surface area contributed by atoms with Crippen LogP contribution in [0.3, 0.4) is 0 Å². The normalized spacial score (nSPS) is 17.6. The van der Waals surface area contributed by atoms with Crippen molar-refractivity contribution in [3.8, 4) is 0 Å². The van der Waals surface area contributed by atoms with Crippen molar-refractivity contribution in [3.05, 3.63) is 23.8 Å². The fourth-order valence-corrected chi connectivity index (χ4v) is 1.54. The molecule has 0 aromatic heterocycles. The Bertz CT molecular complexity index is 179. The zero-order valence-corrected chi connectivity index (χ0v) is 9.72. The maximum atomic E-state index is 5.64. The molecule has 0 aliphatic heterocycles. The number of likely N-dealkylation sites (N-methyl/N-ethyl adjacent to an activating group) is 1. The molecule has 0 radical (unpaired) electrons. The lowest BCUT2D eigenvalue weighted by molar-refractivity contribution is 0.613. The number of hydrogen-bond acceptors (Lipinski definition) is 2. The van der Waals surface area contributed by atoms with Gasteiger partial charge in [-0.05, 0) is 26.3 Å². The second-order valence-electron chi connectivity index (χ2n) is 3.14. The highest BCUT2D eigenvalue weighted by Crippen LogP contribution is 2.15. The van der Waals surface area contributed by atoms with E-state index in [-0.39, 0.29) is 0 Å². The quantitative estimate of drug-likeness (QED) is 0.726. The summed E-state index contributed by atoms with van der Waals surface area (Å²) in [5.74, 6) is 0. The summed E-state index contributed by atoms with van der Waals surface area (Å²) >= 11 is 0. The Hall–Kier alpha value is -0.600. The molecule has 0 spiro atoms. The van der Waals surface area contributed by atoms with Gasteiger partial charge in [0.25, 0.3) is 0 Å². The van der Waals surface area contributed by atoms with Crippen LogP contribution in [0.15, 0.2) is 23.8 Å². The zero-order chi connectivity index (χ0) is 10.8. The molecular formula is C12H24N2. The molecule has 0 saturated heterocycles. The molecule has 14 heavy (non-hydrogen) atoms. The topological polar surface area (TPSA) is 38.0 Å². The van der Waals surface area contributed by atoms with Crippen LogP contribution in [0.25, 0.3) is 0 Å². The van der Waals surface area contributed by atoms with E-state index in [4.69, 9.17) is 5.73 Å². The average molecular weight is 196 g/mol. The summed E-state index contributed by atoms with van der Waals surface area (Å²) in [5, 5.41) is 3.22. The van der Waals surface area contributed by atoms with E-state index in [0.29, 0.717) is 12.6 Å². The van der Waals surface area contributed by atoms with E-state index in [1.807, 2.05) is 20.9 Å². The third kappa shape index (κ3) is 4.58. The first kappa shape index (κ1) is 13.4. The van der Waals surface area contributed by atoms with E-state index in [1.165, 1.54) is 24.8 Å². The fraction of sp³-hybridized carbons (Fsp3) is 0.667. The van der Waals surface area contributed by atoms with Crippen molar-refractivity contribution in [2.45, 2.75) is 39.2 Å². The molecule has 0 amide bonds. The lowest BCUT2D eigenvalue weighted by atomic mass is 10.0. The molecule has 1 unspecified atom stereocenters. The summed E-state index contributed by atoms with van der Waals surface area (Å²) in [7, 11) is 1.97. The number of nitrogens with two attached hydrogens (primary N) is 1. The largest absolute Gasteiger partial charge is 0.329 e. The molecule has 1 atom stereocenters. The highest BCUT2D eigenvalue weighted by atomic mass is 14.9. The third-order valence-corrected chi connectivity index (χ3v) is 2.31. The monoisotopic (exact) mass is 196 g/mol. The van der Waals surface area contributed by atoms with Gasteiger partial charge in [0, 0.05) is 12.6 Å². The predicted molar refractivity (Wildman–Crippen MR) is 64.3 cm³/mol. The van der Waals surface area contributed by atoms with Gasteiger partial charge >= 0.3 is 0 Å². The van der Waals surface area contributed by atoms with Gasteiger partial charge in [0.05, 0.1) is 0 Å². The first-order valence-electron chi connectivity index (χ1n) is 5.61. The molecule has 0 fully saturated rings. The molecular weight excluding hydrogens is 172 g/mol. The summed E-state index contributed by atoms with van der Waals surface area (Å²) in [6, 6.07) is 0.368. The summed E-state index contributed by atoms with van der Waals surface area (Å²) < 4.78 is 0. The van der Waals surface area contributed by atoms with Crippen LogP contribution in [0.5, 0.6) is 0 Å². The van der Waals surface area contributed by atoms with E-state index < -0.39 is 0 Å². The Kier molecular flexibility index (Phi) is 8.59. The fourth-order valence-electron chi connectivity index (χ4n) is 1.54. The van der Waals surface area contributed by atoms with Gasteiger partial charge in [0.2, 0.25) is 0 Å². The van der Waals surface area contributed by atoms with Crippen molar-refractivity contribution in [3.63, 3.8) is 0 Å². The first-order valence-corrected chi connectivity index (χ1v) is 5.61. The second kappa shape index (κ2) is 8.97. The summed E-state index contributed by atoms with van der Waals surface area (Å²) in [5.41, 5.74) is 7.08. The molecule has 1 aliphatic carbocycles. The Morgan fingerprint density at radius 1 is 1.50 bits per heavy atom. The smallest absolute Gasteiger partial charge is 0.0404 e. The summed E-state index contributed by atoms with van der Waals surface area (Å²) in [4.78, 5) is 0. The van der Waals surface area contributed by atoms with E-state index in [1.54, 1.807) is 0 Å². The SMILES string of the molecule is CC.CNC(CN)C1=CC=CCCC1. The van der Waals surface area contributed by atoms with Gasteiger partial charge in [-0.1, -0.05) is 37.6 Å². The summed E-state index contributed by atoms with van der Waals surface area (Å²) in [6.07, 6.45) is 10.2. The Labute approximate surface area is 88.3 Å². The van der Waals surface area contributed by atoms with Crippen LogP contribution in [-0.2, 0) is 0 Å². The van der Waals surface area contributed by atoms with E-state index in [9.17, 15) is 0 Å². The van der Waals surface area contributed by atoms with Crippen LogP contribution >= 0.6 is 0 Å². The van der Waals surface area contributed by atoms with Gasteiger partial charge in [-0.15, -0.1) is 0 Å². The van der Waals surface area contributed by atoms with Crippen molar-refractivity contribution in [2.24, 2.45) is 5.73 Å². The van der Waals surface area contributed by atoms with Gasteiger partial charge in [0.1, 0.15) is 0 Å². The van der Waals surface area contributed by atoms with Gasteiger partial charge in [-0.3, -0.25) is 0 Å². The van der Waals surface area contributed by atoms with Crippen LogP contribution in [0.4, 0.5) is 0 Å². The molecule has 2 heteroatoms. The maximum absolute atomic E-state index is 5.64. The molecule has 0 bridgehead atoms. The van der Waals surface area contributed by atoms with Gasteiger partial charge in [-0.2, -0.15) is 0 Å². The van der Waals surface area contributed by atoms with Gasteiger partial charge in [-0.25, -0.2) is 0 Å². The number of rotatable bonds is 3. The summed E-state index contributed by atoms with van der Waals surface area (Å²) in [6.45, 7) is 4.69. The van der Waals surface area contributed by atoms with Crippen molar-refractivity contribution < 1.29 is 0 Å². The van der Waals surface area contributed by atoms with Crippen LogP contribution in [-0.4, -0.2) is 19.6 Å². The first-order chi connectivity index (χ1) is 6.88. The minimum absolute atomic E-state index is 0.368. The highest BCUT2D eigenvalue weighted by molar-refractivity contribution is 5.20. The van der Waals surface area contributed by atoms with Crippen molar-refractivity contribution in [1.29, 1.82) is 0 Å². The molecule has 1 rings (SSSR count). The van der Waals surface area contributed by atoms with Crippen molar-refractivity contribution >= 4 is 0 Å². The Morgan fingerprint density at radius 2 is 2.21 bits per heavy atom. The minimum Gasteiger partial charge on any atom is -0.329 e. The molecule has 2 nitrogen and oxygen atoms in total. The van der Waals surface area contributed by atoms with Crippen molar-refractivity contribution in [1.82, 2.24) is 5.32 Å².